The summed E-state index contributed by atoms with van der Waals surface area (Å²) >= 11 is 11.9. The molecule has 0 heterocycles. The molecular weight excluding hydrogens is 339 g/mol. The van der Waals surface area contributed by atoms with Gasteiger partial charge in [0, 0.05) is 0 Å². The van der Waals surface area contributed by atoms with Gasteiger partial charge in [0.2, 0.25) is 15.8 Å². The average Bonchev–Trinajstić information content (AvgIpc) is 2.37. The maximum Gasteiger partial charge on any atom is 0.421 e. The van der Waals surface area contributed by atoms with E-state index in [1.165, 1.54) is 0 Å². The monoisotopic (exact) mass is 346 g/mol. The highest BCUT2D eigenvalue weighted by Gasteiger charge is 2.19. The molecule has 9 heteroatoms. The summed E-state index contributed by atoms with van der Waals surface area (Å²) in [6, 6.07) is 13.2. The highest BCUT2D eigenvalue weighted by atomic mass is 35.5. The minimum absolute atomic E-state index is 0.197. The zero-order valence-corrected chi connectivity index (χ0v) is 12.6. The molecule has 21 heavy (non-hydrogen) atoms. The maximum absolute atomic E-state index is 8.72. The van der Waals surface area contributed by atoms with Gasteiger partial charge in [0.1, 0.15) is 10.0 Å². The average molecular weight is 347 g/mol. The normalized spacial score (nSPS) is 10.2. The van der Waals surface area contributed by atoms with Crippen molar-refractivity contribution >= 4 is 39.3 Å². The van der Waals surface area contributed by atoms with E-state index in [-0.39, 0.29) is 5.69 Å². The maximum atomic E-state index is 8.72. The van der Waals surface area contributed by atoms with Gasteiger partial charge in [-0.1, -0.05) is 53.5 Å². The zero-order chi connectivity index (χ0) is 16.0. The molecule has 0 aliphatic rings. The minimum atomic E-state index is -4.92. The molecule has 0 bridgehead atoms. The van der Waals surface area contributed by atoms with Crippen LogP contribution < -0.4 is 0 Å². The van der Waals surface area contributed by atoms with Crippen molar-refractivity contribution in [2.24, 2.45) is 0 Å². The summed E-state index contributed by atoms with van der Waals surface area (Å²) < 4.78 is 32.8. The van der Waals surface area contributed by atoms with Gasteiger partial charge in [0.05, 0.1) is 0 Å². The third-order valence-electron chi connectivity index (χ3n) is 2.22. The van der Waals surface area contributed by atoms with E-state index in [0.717, 1.165) is 11.1 Å². The van der Waals surface area contributed by atoms with Crippen LogP contribution in [0.4, 0.5) is 5.69 Å². The summed E-state index contributed by atoms with van der Waals surface area (Å²) in [5, 5.41) is 9.37. The smallest absolute Gasteiger partial charge is 0.421 e. The third kappa shape index (κ3) is 6.08. The molecule has 0 fully saturated rings. The molecule has 0 atom stereocenters. The first-order valence-corrected chi connectivity index (χ1v) is 7.42. The standard InChI is InChI=1S/C12H7Cl2N2.H2O4S/c13-10-6-9(7-11(14)12(10)16-15)8-4-2-1-3-5-8;1-5(2,3)4/h1-7H;(H2,1,2,3,4)/q+1;/p-1. The molecule has 1 N–H and O–H groups in total. The number of hydrogen-bond donors (Lipinski definition) is 1. The molecule has 0 radical (unpaired) electrons. The lowest BCUT2D eigenvalue weighted by Crippen LogP contribution is -1.90. The van der Waals surface area contributed by atoms with Crippen LogP contribution in [0.25, 0.3) is 16.1 Å². The largest absolute Gasteiger partial charge is 0.726 e. The Balaban J connectivity index is 0.000000383. The summed E-state index contributed by atoms with van der Waals surface area (Å²) in [6.45, 7) is 0. The SMILES string of the molecule is N#[N+]c1c(Cl)cc(-c2ccccc2)cc1Cl.O=S(=O)([O-])O. The molecule has 0 spiro atoms. The number of nitrogens with zero attached hydrogens (tertiary/aromatic N) is 2. The molecule has 0 saturated heterocycles. The topological polar surface area (TPSA) is 106 Å². The van der Waals surface area contributed by atoms with E-state index in [9.17, 15) is 0 Å². The van der Waals surface area contributed by atoms with Crippen LogP contribution in [0.1, 0.15) is 0 Å². The van der Waals surface area contributed by atoms with Crippen LogP contribution in [-0.4, -0.2) is 17.5 Å². The Morgan fingerprint density at radius 3 is 1.86 bits per heavy atom. The molecule has 2 aromatic rings. The zero-order valence-electron chi connectivity index (χ0n) is 10.3. The summed E-state index contributed by atoms with van der Waals surface area (Å²) in [5.41, 5.74) is 2.10. The molecule has 6 nitrogen and oxygen atoms in total. The lowest BCUT2D eigenvalue weighted by molar-refractivity contribution is 0.366. The summed E-state index contributed by atoms with van der Waals surface area (Å²) in [5.74, 6) is 0. The van der Waals surface area contributed by atoms with Crippen molar-refractivity contribution in [2.45, 2.75) is 0 Å². The summed E-state index contributed by atoms with van der Waals surface area (Å²) in [6.07, 6.45) is 0. The number of benzene rings is 2. The fourth-order valence-electron chi connectivity index (χ4n) is 1.46. The van der Waals surface area contributed by atoms with E-state index in [0.29, 0.717) is 10.0 Å². The quantitative estimate of drug-likeness (QED) is 0.474. The van der Waals surface area contributed by atoms with Crippen molar-refractivity contribution in [3.05, 3.63) is 57.5 Å². The Morgan fingerprint density at radius 2 is 1.48 bits per heavy atom. The van der Waals surface area contributed by atoms with Crippen LogP contribution >= 0.6 is 23.2 Å². The second-order valence-corrected chi connectivity index (χ2v) is 5.35. The van der Waals surface area contributed by atoms with Gasteiger partial charge in [-0.25, -0.2) is 8.42 Å². The molecule has 0 unspecified atom stereocenters. The van der Waals surface area contributed by atoms with Crippen molar-refractivity contribution in [3.63, 3.8) is 0 Å². The third-order valence-corrected chi connectivity index (χ3v) is 2.80. The predicted molar refractivity (Wildman–Crippen MR) is 79.0 cm³/mol. The van der Waals surface area contributed by atoms with E-state index in [2.05, 4.69) is 4.98 Å². The fraction of sp³-hybridized carbons (Fsp3) is 0. The minimum Gasteiger partial charge on any atom is -0.726 e. The molecule has 0 saturated carbocycles. The van der Waals surface area contributed by atoms with Gasteiger partial charge in [-0.2, -0.15) is 0 Å². The van der Waals surface area contributed by atoms with Crippen LogP contribution in [0.15, 0.2) is 42.5 Å². The predicted octanol–water partition coefficient (Wildman–Crippen LogP) is 4.15. The lowest BCUT2D eigenvalue weighted by atomic mass is 10.1. The highest BCUT2D eigenvalue weighted by Crippen LogP contribution is 2.37. The Morgan fingerprint density at radius 1 is 1.05 bits per heavy atom. The van der Waals surface area contributed by atoms with Gasteiger partial charge in [0.15, 0.2) is 4.98 Å². The molecule has 0 amide bonds. The van der Waals surface area contributed by atoms with E-state index in [1.807, 2.05) is 30.3 Å². The molecule has 2 rings (SSSR count). The van der Waals surface area contributed by atoms with E-state index in [4.69, 9.17) is 46.1 Å². The first-order valence-electron chi connectivity index (χ1n) is 5.30. The Labute approximate surface area is 131 Å². The van der Waals surface area contributed by atoms with E-state index in [1.54, 1.807) is 12.1 Å². The van der Waals surface area contributed by atoms with E-state index >= 15 is 0 Å². The second-order valence-electron chi connectivity index (χ2n) is 3.68. The molecule has 0 aliphatic heterocycles. The van der Waals surface area contributed by atoms with Gasteiger partial charge in [0.25, 0.3) is 0 Å². The number of diazo groups is 1. The molecule has 110 valence electrons. The van der Waals surface area contributed by atoms with Gasteiger partial charge in [-0.15, -0.1) is 0 Å². The lowest BCUT2D eigenvalue weighted by Gasteiger charge is -2.01. The van der Waals surface area contributed by atoms with Gasteiger partial charge >= 0.3 is 5.69 Å². The van der Waals surface area contributed by atoms with Crippen molar-refractivity contribution in [2.75, 3.05) is 0 Å². The van der Waals surface area contributed by atoms with Crippen molar-refractivity contribution in [1.29, 1.82) is 5.39 Å². The van der Waals surface area contributed by atoms with Crippen LogP contribution in [0, 0.1) is 5.39 Å². The van der Waals surface area contributed by atoms with E-state index < -0.39 is 10.4 Å². The number of hydrogen-bond acceptors (Lipinski definition) is 4. The van der Waals surface area contributed by atoms with Crippen LogP contribution in [0.3, 0.4) is 0 Å². The van der Waals surface area contributed by atoms with Crippen molar-refractivity contribution in [1.82, 2.24) is 0 Å². The number of rotatable bonds is 1. The molecule has 0 aliphatic carbocycles. The van der Waals surface area contributed by atoms with Crippen LogP contribution in [0.2, 0.25) is 10.0 Å². The van der Waals surface area contributed by atoms with Gasteiger partial charge in [-0.05, 0) is 23.3 Å². The fourth-order valence-corrected chi connectivity index (χ4v) is 2.02. The molecule has 2 aromatic carbocycles. The second kappa shape index (κ2) is 7.36. The molecule has 0 aromatic heterocycles. The number of halogens is 2. The first kappa shape index (κ1) is 17.4. The summed E-state index contributed by atoms with van der Waals surface area (Å²) in [7, 11) is -4.92. The van der Waals surface area contributed by atoms with Gasteiger partial charge < -0.3 is 4.55 Å². The Kier molecular flexibility index (Phi) is 6.08. The van der Waals surface area contributed by atoms with Crippen LogP contribution in [-0.2, 0) is 10.4 Å². The first-order chi connectivity index (χ1) is 9.72. The van der Waals surface area contributed by atoms with Crippen LogP contribution in [0.5, 0.6) is 0 Å². The van der Waals surface area contributed by atoms with Crippen molar-refractivity contribution in [3.8, 4) is 11.1 Å². The molecular formula is C12H8Cl2N2O4S. The highest BCUT2D eigenvalue weighted by molar-refractivity contribution is 7.79. The van der Waals surface area contributed by atoms with Gasteiger partial charge in [-0.3, -0.25) is 4.55 Å². The Bertz CT molecular complexity index is 743. The summed E-state index contributed by atoms with van der Waals surface area (Å²) in [4.78, 5) is 3.04. The van der Waals surface area contributed by atoms with Crippen molar-refractivity contribution < 1.29 is 17.5 Å². The Hall–Kier alpha value is -1.69.